The number of imide groups is 1. The van der Waals surface area contributed by atoms with E-state index in [0.29, 0.717) is 16.8 Å². The van der Waals surface area contributed by atoms with Crippen molar-refractivity contribution < 1.29 is 9.59 Å². The minimum absolute atomic E-state index is 0.364. The summed E-state index contributed by atoms with van der Waals surface area (Å²) in [4.78, 5) is 27.8. The highest BCUT2D eigenvalue weighted by Crippen LogP contribution is 2.23. The molecule has 135 valence electrons. The van der Waals surface area contributed by atoms with Gasteiger partial charge in [0.15, 0.2) is 0 Å². The van der Waals surface area contributed by atoms with Crippen molar-refractivity contribution in [3.63, 3.8) is 0 Å². The molecule has 0 spiro atoms. The molecule has 2 amide bonds. The van der Waals surface area contributed by atoms with Gasteiger partial charge >= 0.3 is 0 Å². The van der Waals surface area contributed by atoms with Gasteiger partial charge in [-0.05, 0) is 59.7 Å². The fraction of sp³-hybridized carbons (Fsp3) is 0. The van der Waals surface area contributed by atoms with E-state index in [0.717, 1.165) is 16.3 Å². The molecule has 0 fully saturated rings. The van der Waals surface area contributed by atoms with E-state index in [1.165, 1.54) is 4.90 Å². The first kappa shape index (κ1) is 17.7. The van der Waals surface area contributed by atoms with Crippen molar-refractivity contribution in [2.24, 2.45) is 0 Å². The smallest absolute Gasteiger partial charge is 0.265 e. The van der Waals surface area contributed by atoms with E-state index >= 15 is 0 Å². The van der Waals surface area contributed by atoms with Crippen molar-refractivity contribution in [1.82, 2.24) is 0 Å². The molecule has 0 saturated heterocycles. The molecule has 1 radical (unpaired) electrons. The Kier molecular flexibility index (Phi) is 4.73. The van der Waals surface area contributed by atoms with Gasteiger partial charge in [-0.25, -0.2) is 4.90 Å². The molecule has 0 bridgehead atoms. The van der Waals surface area contributed by atoms with Crippen LogP contribution in [0.5, 0.6) is 0 Å². The number of carbonyl (C=O) groups is 2. The van der Waals surface area contributed by atoms with Crippen LogP contribution in [0.4, 0.5) is 5.69 Å². The second kappa shape index (κ2) is 7.49. The average Bonchev–Trinajstić information content (AvgIpc) is 2.75. The lowest BCUT2D eigenvalue weighted by Gasteiger charge is -2.21. The van der Waals surface area contributed by atoms with E-state index in [-0.39, 0.29) is 11.8 Å². The number of benzene rings is 4. The van der Waals surface area contributed by atoms with Gasteiger partial charge in [0.05, 0.1) is 5.69 Å². The van der Waals surface area contributed by atoms with Crippen LogP contribution in [0, 0.1) is 6.92 Å². The first-order valence-corrected chi connectivity index (χ1v) is 8.98. The normalized spacial score (nSPS) is 10.6. The van der Waals surface area contributed by atoms with Crippen molar-refractivity contribution in [3.05, 3.63) is 121 Å². The van der Waals surface area contributed by atoms with Crippen LogP contribution >= 0.6 is 0 Å². The quantitative estimate of drug-likeness (QED) is 0.450. The third-order valence-electron chi connectivity index (χ3n) is 4.62. The summed E-state index contributed by atoms with van der Waals surface area (Å²) in [6.07, 6.45) is 0. The monoisotopic (exact) mass is 364 g/mol. The number of anilines is 1. The molecular weight excluding hydrogens is 346 g/mol. The Hall–Kier alpha value is -3.72. The van der Waals surface area contributed by atoms with E-state index in [9.17, 15) is 9.59 Å². The fourth-order valence-corrected chi connectivity index (χ4v) is 3.13. The summed E-state index contributed by atoms with van der Waals surface area (Å²) in [5, 5.41) is 2.00. The second-order valence-electron chi connectivity index (χ2n) is 6.54. The van der Waals surface area contributed by atoms with Gasteiger partial charge in [-0.3, -0.25) is 9.59 Å². The first-order valence-electron chi connectivity index (χ1n) is 8.98. The average molecular weight is 364 g/mol. The Bertz CT molecular complexity index is 1150. The van der Waals surface area contributed by atoms with Crippen molar-refractivity contribution in [2.45, 2.75) is 0 Å². The zero-order chi connectivity index (χ0) is 19.5. The number of carbonyl (C=O) groups excluding carboxylic acids is 2. The molecule has 3 heteroatoms. The number of fused-ring (bicyclic) bond motifs is 1. The maximum absolute atomic E-state index is 13.4. The van der Waals surface area contributed by atoms with Gasteiger partial charge in [0.1, 0.15) is 0 Å². The van der Waals surface area contributed by atoms with E-state index in [1.807, 2.05) is 42.5 Å². The van der Waals surface area contributed by atoms with Crippen LogP contribution in [0.15, 0.2) is 97.1 Å². The zero-order valence-corrected chi connectivity index (χ0v) is 15.2. The summed E-state index contributed by atoms with van der Waals surface area (Å²) in [5.74, 6) is -0.730. The van der Waals surface area contributed by atoms with Crippen molar-refractivity contribution in [3.8, 4) is 0 Å². The predicted octanol–water partition coefficient (Wildman–Crippen LogP) is 5.51. The summed E-state index contributed by atoms with van der Waals surface area (Å²) in [6.45, 7) is 3.87. The standard InChI is InChI=1S/C25H18NO2/c1-18-11-15-23(16-12-18)26(24(27)20-8-3-2-4-9-20)25(28)22-14-13-19-7-5-6-10-21(19)17-22/h2-17H,1H2. The zero-order valence-electron chi connectivity index (χ0n) is 15.2. The third kappa shape index (κ3) is 3.42. The van der Waals surface area contributed by atoms with Gasteiger partial charge in [-0.15, -0.1) is 0 Å². The topological polar surface area (TPSA) is 37.4 Å². The molecule has 0 heterocycles. The maximum atomic E-state index is 13.4. The van der Waals surface area contributed by atoms with Crippen LogP contribution in [0.2, 0.25) is 0 Å². The second-order valence-corrected chi connectivity index (χ2v) is 6.54. The Balaban J connectivity index is 1.80. The van der Waals surface area contributed by atoms with Gasteiger partial charge in [-0.1, -0.05) is 60.7 Å². The molecular formula is C25H18NO2. The maximum Gasteiger partial charge on any atom is 0.265 e. The molecule has 0 N–H and O–H groups in total. The molecule has 0 aromatic heterocycles. The summed E-state index contributed by atoms with van der Waals surface area (Å²) in [6, 6.07) is 29.2. The van der Waals surface area contributed by atoms with Crippen molar-refractivity contribution in [2.75, 3.05) is 4.90 Å². The highest BCUT2D eigenvalue weighted by atomic mass is 16.2. The van der Waals surface area contributed by atoms with Crippen LogP contribution < -0.4 is 4.90 Å². The minimum Gasteiger partial charge on any atom is -0.268 e. The van der Waals surface area contributed by atoms with Crippen LogP contribution in [0.3, 0.4) is 0 Å². The molecule has 4 aromatic carbocycles. The number of hydrogen-bond donors (Lipinski definition) is 0. The van der Waals surface area contributed by atoms with Crippen molar-refractivity contribution in [1.29, 1.82) is 0 Å². The third-order valence-corrected chi connectivity index (χ3v) is 4.62. The molecule has 4 rings (SSSR count). The van der Waals surface area contributed by atoms with Gasteiger partial charge in [0.25, 0.3) is 11.8 Å². The Morgan fingerprint density at radius 2 is 1.21 bits per heavy atom. The lowest BCUT2D eigenvalue weighted by Crippen LogP contribution is -2.37. The highest BCUT2D eigenvalue weighted by Gasteiger charge is 2.26. The van der Waals surface area contributed by atoms with Crippen LogP contribution in [0.25, 0.3) is 10.8 Å². The summed E-state index contributed by atoms with van der Waals surface area (Å²) in [7, 11) is 0. The lowest BCUT2D eigenvalue weighted by atomic mass is 10.1. The number of nitrogens with zero attached hydrogens (tertiary/aromatic N) is 1. The van der Waals surface area contributed by atoms with Crippen molar-refractivity contribution >= 4 is 28.3 Å². The molecule has 0 atom stereocenters. The van der Waals surface area contributed by atoms with Crippen LogP contribution in [0.1, 0.15) is 26.3 Å². The largest absolute Gasteiger partial charge is 0.268 e. The molecule has 0 aliphatic carbocycles. The van der Waals surface area contributed by atoms with Gasteiger partial charge in [0.2, 0.25) is 0 Å². The van der Waals surface area contributed by atoms with Crippen LogP contribution in [-0.4, -0.2) is 11.8 Å². The van der Waals surface area contributed by atoms with E-state index in [2.05, 4.69) is 6.92 Å². The molecule has 3 nitrogen and oxygen atoms in total. The highest BCUT2D eigenvalue weighted by molar-refractivity contribution is 6.26. The first-order chi connectivity index (χ1) is 13.6. The Morgan fingerprint density at radius 1 is 0.607 bits per heavy atom. The Morgan fingerprint density at radius 3 is 1.93 bits per heavy atom. The minimum atomic E-state index is -0.365. The summed E-state index contributed by atoms with van der Waals surface area (Å²) in [5.41, 5.74) is 2.24. The van der Waals surface area contributed by atoms with Gasteiger partial charge in [0, 0.05) is 11.1 Å². The number of hydrogen-bond acceptors (Lipinski definition) is 2. The van der Waals surface area contributed by atoms with E-state index < -0.39 is 0 Å². The number of amides is 2. The van der Waals surface area contributed by atoms with Gasteiger partial charge < -0.3 is 0 Å². The molecule has 0 unspecified atom stereocenters. The Labute approximate surface area is 163 Å². The molecule has 4 aromatic rings. The molecule has 28 heavy (non-hydrogen) atoms. The SMILES string of the molecule is [CH2]c1ccc(N(C(=O)c2ccccc2)C(=O)c2ccc3ccccc3c2)cc1. The predicted molar refractivity (Wildman–Crippen MR) is 112 cm³/mol. The van der Waals surface area contributed by atoms with Gasteiger partial charge in [-0.2, -0.15) is 0 Å². The lowest BCUT2D eigenvalue weighted by molar-refractivity contribution is 0.0897. The fourth-order valence-electron chi connectivity index (χ4n) is 3.13. The van der Waals surface area contributed by atoms with Crippen LogP contribution in [-0.2, 0) is 0 Å². The van der Waals surface area contributed by atoms with E-state index in [1.54, 1.807) is 54.6 Å². The summed E-state index contributed by atoms with van der Waals surface area (Å²) >= 11 is 0. The molecule has 0 aliphatic rings. The molecule has 0 saturated carbocycles. The number of rotatable bonds is 3. The summed E-state index contributed by atoms with van der Waals surface area (Å²) < 4.78 is 0. The van der Waals surface area contributed by atoms with E-state index in [4.69, 9.17) is 0 Å². The molecule has 0 aliphatic heterocycles.